The van der Waals surface area contributed by atoms with Gasteiger partial charge in [-0.15, -0.1) is 0 Å². The van der Waals surface area contributed by atoms with E-state index >= 15 is 0 Å². The number of hydrogen-bond donors (Lipinski definition) is 2. The Balaban J connectivity index is 0.000000552. The van der Waals surface area contributed by atoms with Gasteiger partial charge in [-0.1, -0.05) is 0 Å². The smallest absolute Gasteiger partial charge is 0.338 e. The summed E-state index contributed by atoms with van der Waals surface area (Å²) in [5.74, 6) is 0.149. The normalized spacial score (nSPS) is 14.0. The molecule has 0 aromatic carbocycles. The van der Waals surface area contributed by atoms with Crippen molar-refractivity contribution < 1.29 is 9.90 Å². The molecule has 0 saturated carbocycles. The molecule has 1 aliphatic heterocycles. The first-order valence-corrected chi connectivity index (χ1v) is 8.10. The third-order valence-corrected chi connectivity index (χ3v) is 3.39. The molecule has 3 heterocycles. The van der Waals surface area contributed by atoms with Crippen molar-refractivity contribution in [2.24, 2.45) is 0 Å². The predicted octanol–water partition coefficient (Wildman–Crippen LogP) is 0.0514. The molecule has 10 nitrogen and oxygen atoms in total. The number of nitrogens with zero attached hydrogens (tertiary/aromatic N) is 7. The van der Waals surface area contributed by atoms with Crippen molar-refractivity contribution in [1.82, 2.24) is 24.8 Å². The minimum absolute atomic E-state index is 0.0812. The van der Waals surface area contributed by atoms with Gasteiger partial charge in [-0.25, -0.2) is 24.7 Å². The topological polar surface area (TPSA) is 125 Å². The zero-order valence-corrected chi connectivity index (χ0v) is 15.2. The van der Waals surface area contributed by atoms with Crippen molar-refractivity contribution in [1.29, 1.82) is 0 Å². The summed E-state index contributed by atoms with van der Waals surface area (Å²) in [6, 6.07) is 0. The van der Waals surface area contributed by atoms with Gasteiger partial charge < -0.3 is 25.5 Å². The monoisotopic (exact) mass is 360 g/mol. The molecule has 10 heteroatoms. The molecule has 0 radical (unpaired) electrons. The molecule has 0 aliphatic carbocycles. The number of carboxylic acid groups (broad SMARTS) is 1. The number of hydrogen-bond acceptors (Lipinski definition) is 9. The van der Waals surface area contributed by atoms with Crippen LogP contribution in [0.2, 0.25) is 0 Å². The van der Waals surface area contributed by atoms with Crippen LogP contribution in [0.15, 0.2) is 24.8 Å². The number of nitrogen functional groups attached to an aromatic ring is 1. The molecular weight excluding hydrogens is 336 g/mol. The van der Waals surface area contributed by atoms with Gasteiger partial charge in [-0.3, -0.25) is 0 Å². The van der Waals surface area contributed by atoms with Crippen LogP contribution >= 0.6 is 0 Å². The molecule has 0 unspecified atom stereocenters. The van der Waals surface area contributed by atoms with Crippen LogP contribution in [0.3, 0.4) is 0 Å². The number of rotatable bonds is 3. The fourth-order valence-corrected chi connectivity index (χ4v) is 2.20. The molecule has 3 N–H and O–H groups in total. The Labute approximate surface area is 152 Å². The van der Waals surface area contributed by atoms with Crippen molar-refractivity contribution in [2.75, 3.05) is 62.9 Å². The number of anilines is 3. The first kappa shape index (κ1) is 19.3. The molecule has 2 aromatic rings. The summed E-state index contributed by atoms with van der Waals surface area (Å²) < 4.78 is 0. The van der Waals surface area contributed by atoms with Crippen LogP contribution in [-0.4, -0.2) is 83.2 Å². The van der Waals surface area contributed by atoms with Gasteiger partial charge in [0, 0.05) is 38.6 Å². The summed E-state index contributed by atoms with van der Waals surface area (Å²) in [5, 5.41) is 8.84. The van der Waals surface area contributed by atoms with Crippen molar-refractivity contribution >= 4 is 23.6 Å². The van der Waals surface area contributed by atoms with E-state index < -0.39 is 5.97 Å². The van der Waals surface area contributed by atoms with Gasteiger partial charge in [-0.2, -0.15) is 0 Å². The molecule has 0 atom stereocenters. The average molecular weight is 360 g/mol. The highest BCUT2D eigenvalue weighted by Crippen LogP contribution is 2.15. The first-order valence-electron chi connectivity index (χ1n) is 8.10. The number of nitrogens with two attached hydrogens (primary N) is 1. The van der Waals surface area contributed by atoms with Gasteiger partial charge in [0.2, 0.25) is 11.9 Å². The minimum atomic E-state index is -1.03. The van der Waals surface area contributed by atoms with Crippen molar-refractivity contribution in [3.63, 3.8) is 0 Å². The number of carboxylic acids is 1. The van der Waals surface area contributed by atoms with E-state index in [9.17, 15) is 4.79 Å². The molecule has 26 heavy (non-hydrogen) atoms. The second kappa shape index (κ2) is 8.90. The third kappa shape index (κ3) is 5.52. The van der Waals surface area contributed by atoms with Gasteiger partial charge in [-0.05, 0) is 21.1 Å². The summed E-state index contributed by atoms with van der Waals surface area (Å²) in [7, 11) is 6.00. The highest BCUT2D eigenvalue weighted by molar-refractivity contribution is 5.86. The molecule has 1 saturated heterocycles. The largest absolute Gasteiger partial charge is 0.478 e. The summed E-state index contributed by atoms with van der Waals surface area (Å²) in [5.41, 5.74) is 6.20. The van der Waals surface area contributed by atoms with Crippen molar-refractivity contribution in [3.8, 4) is 0 Å². The predicted molar refractivity (Wildman–Crippen MR) is 99.5 cm³/mol. The van der Waals surface area contributed by atoms with Gasteiger partial charge in [0.25, 0.3) is 0 Å². The molecule has 1 fully saturated rings. The van der Waals surface area contributed by atoms with Crippen LogP contribution in [0, 0.1) is 0 Å². The Morgan fingerprint density at radius 1 is 0.923 bits per heavy atom. The van der Waals surface area contributed by atoms with Gasteiger partial charge in [0.05, 0.1) is 23.6 Å². The van der Waals surface area contributed by atoms with E-state index in [1.807, 2.05) is 30.9 Å². The van der Waals surface area contributed by atoms with Gasteiger partial charge >= 0.3 is 5.97 Å². The molecule has 140 valence electrons. The Hall–Kier alpha value is -3.01. The number of aromatic carboxylic acids is 1. The maximum atomic E-state index is 10.8. The number of carbonyl (C=O) groups is 1. The van der Waals surface area contributed by atoms with Crippen LogP contribution in [0.4, 0.5) is 17.6 Å². The van der Waals surface area contributed by atoms with Crippen LogP contribution < -0.4 is 15.5 Å². The lowest BCUT2D eigenvalue weighted by Crippen LogP contribution is -2.47. The standard InChI is InChI=1S/C13H15N7O2.C3H9N/c14-10-7-17-13(18-8-10)20-3-1-19(2-4-20)12-15-5-9(6-16-12)11(21)22;1-4(2)3/h5-8H,1-4,14H2,(H,21,22);1-3H3. The van der Waals surface area contributed by atoms with E-state index in [1.54, 1.807) is 12.4 Å². The molecule has 0 bridgehead atoms. The lowest BCUT2D eigenvalue weighted by Gasteiger charge is -2.34. The maximum absolute atomic E-state index is 10.8. The molecule has 2 aromatic heterocycles. The van der Waals surface area contributed by atoms with E-state index in [0.29, 0.717) is 30.7 Å². The fraction of sp³-hybridized carbons (Fsp3) is 0.438. The maximum Gasteiger partial charge on any atom is 0.338 e. The van der Waals surface area contributed by atoms with Gasteiger partial charge in [0.1, 0.15) is 0 Å². The number of piperazine rings is 1. The van der Waals surface area contributed by atoms with Crippen LogP contribution in [0.5, 0.6) is 0 Å². The Morgan fingerprint density at radius 2 is 1.27 bits per heavy atom. The molecule has 0 spiro atoms. The minimum Gasteiger partial charge on any atom is -0.478 e. The second-order valence-electron chi connectivity index (χ2n) is 6.21. The zero-order valence-electron chi connectivity index (χ0n) is 15.2. The van der Waals surface area contributed by atoms with E-state index in [1.165, 1.54) is 12.4 Å². The quantitative estimate of drug-likeness (QED) is 0.775. The molecular formula is C16H24N8O2. The van der Waals surface area contributed by atoms with Crippen LogP contribution in [0.25, 0.3) is 0 Å². The highest BCUT2D eigenvalue weighted by atomic mass is 16.4. The zero-order chi connectivity index (χ0) is 19.1. The second-order valence-corrected chi connectivity index (χ2v) is 6.21. The van der Waals surface area contributed by atoms with Crippen LogP contribution in [-0.2, 0) is 0 Å². The Kier molecular flexibility index (Phi) is 6.61. The van der Waals surface area contributed by atoms with E-state index in [2.05, 4.69) is 24.8 Å². The average Bonchev–Trinajstić information content (AvgIpc) is 2.62. The first-order chi connectivity index (χ1) is 12.4. The molecule has 0 amide bonds. The molecule has 3 rings (SSSR count). The third-order valence-electron chi connectivity index (χ3n) is 3.39. The summed E-state index contributed by atoms with van der Waals surface area (Å²) in [4.78, 5) is 33.5. The van der Waals surface area contributed by atoms with E-state index in [4.69, 9.17) is 10.8 Å². The SMILES string of the molecule is CN(C)C.Nc1cnc(N2CCN(c3ncc(C(=O)O)cn3)CC2)nc1. The Morgan fingerprint density at radius 3 is 1.62 bits per heavy atom. The van der Waals surface area contributed by atoms with E-state index in [0.717, 1.165) is 13.1 Å². The highest BCUT2D eigenvalue weighted by Gasteiger charge is 2.20. The summed E-state index contributed by atoms with van der Waals surface area (Å²) in [6.07, 6.45) is 5.81. The van der Waals surface area contributed by atoms with Gasteiger partial charge in [0.15, 0.2) is 0 Å². The lowest BCUT2D eigenvalue weighted by molar-refractivity contribution is 0.0696. The van der Waals surface area contributed by atoms with Crippen molar-refractivity contribution in [2.45, 2.75) is 0 Å². The lowest BCUT2D eigenvalue weighted by atomic mass is 10.3. The fourth-order valence-electron chi connectivity index (χ4n) is 2.20. The molecule has 1 aliphatic rings. The summed E-state index contributed by atoms with van der Waals surface area (Å²) >= 11 is 0. The number of aromatic nitrogens is 4. The van der Waals surface area contributed by atoms with Crippen molar-refractivity contribution in [3.05, 3.63) is 30.4 Å². The van der Waals surface area contributed by atoms with Crippen LogP contribution in [0.1, 0.15) is 10.4 Å². The Bertz CT molecular complexity index is 694. The van der Waals surface area contributed by atoms with E-state index in [-0.39, 0.29) is 5.56 Å². The summed E-state index contributed by atoms with van der Waals surface area (Å²) in [6.45, 7) is 2.88.